The topological polar surface area (TPSA) is 589 Å². The van der Waals surface area contributed by atoms with Crippen LogP contribution in [-0.2, 0) is 62.0 Å². The third-order valence-corrected chi connectivity index (χ3v) is 20.8. The molecule has 18 unspecified atom stereocenters. The Balaban J connectivity index is 1.17. The van der Waals surface area contributed by atoms with Crippen molar-refractivity contribution in [3.8, 4) is 28.7 Å². The Morgan fingerprint density at radius 3 is 2.05 bits per heavy atom. The minimum atomic E-state index is -2.36. The number of fused-ring (bicyclic) bond motifs is 14. The number of halogens is 1. The summed E-state index contributed by atoms with van der Waals surface area (Å²) in [4.78, 5) is 120. The van der Waals surface area contributed by atoms with Crippen molar-refractivity contribution in [3.05, 3.63) is 123 Å². The second-order valence-corrected chi connectivity index (χ2v) is 29.5. The van der Waals surface area contributed by atoms with E-state index in [9.17, 15) is 80.5 Å². The molecule has 8 aliphatic heterocycles. The van der Waals surface area contributed by atoms with E-state index < -0.39 is 259 Å². The van der Waals surface area contributed by atoms with Gasteiger partial charge in [0.2, 0.25) is 53.4 Å². The molecule has 0 spiro atoms. The number of carboxylic acids is 1. The smallest absolute Gasteiger partial charge is 0.326 e. The standard InChI is InChI=1S/C72H90ClN9O28/c1-25(2)15-37(76-6)63(95)81-51-54(89)30-10-14-41(36(73)17-30)106-43-19-31-18-42(60(43)109-71-61(57(92)55(90)44(24-83)107-71)110-70-58(93)56(91)53(88)26(3)104-70)105-33-11-7-28(8-12-33)59(108-46-23-72(5,75)62(94)27(4)103-46)52-68(100)80-50(69(101)102)35-20-32(84)21-40(86)47(35)34-16-29(9-13-39(34)85)48(65(97)82-52)79-66(98)49(31)78-64(96)38(22-45(74)87)77-67(51)99/h7-14,16-19,21,25-27,34-35,37-39,44,46,48-59,61-62,70-71,76,83-86,88-94H,15,20,22-24,75H2,1-6H3,(H2,74,87)(H,77,99)(H,78,96)(H,79,98)(H,80,100)(H,81,95)(H,82,97)(H,101,102)/t26?,27?,34?,35?,37?,38-,39?,44?,46?,48+,49+,50-,51+,52-,53?,54+,55?,56?,57?,58?,59+,61?,62?,70?,71?,72?/m0/s1. The molecule has 8 heterocycles. The first-order valence-corrected chi connectivity index (χ1v) is 35.8. The number of likely N-dealkylation sites (N-methyl/N-ethyl adjacent to an activating group) is 1. The molecule has 11 bridgehead atoms. The highest BCUT2D eigenvalue weighted by Gasteiger charge is 2.54. The van der Waals surface area contributed by atoms with E-state index in [1.807, 2.05) is 13.8 Å². The number of aliphatic carboxylic acids is 1. The van der Waals surface area contributed by atoms with Gasteiger partial charge in [-0.05, 0) is 104 Å². The Kier molecular flexibility index (Phi) is 25.0. The van der Waals surface area contributed by atoms with E-state index in [1.165, 1.54) is 70.3 Å². The number of allylic oxidation sites excluding steroid dienone is 2. The molecule has 37 nitrogen and oxygen atoms in total. The van der Waals surface area contributed by atoms with Crippen LogP contribution in [0.3, 0.4) is 0 Å². The summed E-state index contributed by atoms with van der Waals surface area (Å²) in [5.41, 5.74) is 9.68. The van der Waals surface area contributed by atoms with Crippen molar-refractivity contribution in [3.63, 3.8) is 0 Å². The van der Waals surface area contributed by atoms with Crippen LogP contribution >= 0.6 is 11.6 Å². The number of carbonyl (C=O) groups excluding carboxylic acids is 7. The van der Waals surface area contributed by atoms with E-state index in [0.717, 1.165) is 36.4 Å². The van der Waals surface area contributed by atoms with Gasteiger partial charge >= 0.3 is 5.97 Å². The van der Waals surface area contributed by atoms with Crippen LogP contribution in [0.1, 0.15) is 95.2 Å². The molecule has 26 atom stereocenters. The Hall–Kier alpha value is -8.97. The van der Waals surface area contributed by atoms with Crippen molar-refractivity contribution in [2.24, 2.45) is 29.2 Å². The fourth-order valence-corrected chi connectivity index (χ4v) is 14.8. The molecule has 3 saturated heterocycles. The lowest BCUT2D eigenvalue weighted by atomic mass is 9.73. The number of carboxylic acid groups (broad SMARTS) is 1. The van der Waals surface area contributed by atoms with Crippen LogP contribution in [0.15, 0.2) is 102 Å². The SMILES string of the molecule is CNC(CC(C)C)C(=O)N[C@H]1C(=O)N[C@@H](CC(N)=O)C(=O)N[C@H]2C(=O)N[C@H]3C(=O)N[C@H](C(=O)N[C@H](C(=O)O)C4CC(O)=CC(O)=C4C4C=C3C=CC4O)[C@H](OC3CC(C)(N)C(O)C(C)O3)c3ccc(cc3)Oc3cc2cc(c3OC2OC(CO)C(O)C(O)C2OC2OC(C)C(O)C(O)C2O)Oc2ccc(cc2Cl)[C@H]1O. The van der Waals surface area contributed by atoms with E-state index in [-0.39, 0.29) is 57.6 Å². The Morgan fingerprint density at radius 1 is 0.736 bits per heavy atom. The minimum absolute atomic E-state index is 0.0489. The molecule has 110 heavy (non-hydrogen) atoms. The van der Waals surface area contributed by atoms with Crippen LogP contribution < -0.4 is 62.9 Å². The molecule has 10 aliphatic rings. The van der Waals surface area contributed by atoms with Crippen molar-refractivity contribution < 1.29 is 138 Å². The number of benzene rings is 3. The predicted molar refractivity (Wildman–Crippen MR) is 376 cm³/mol. The first kappa shape index (κ1) is 82.0. The van der Waals surface area contributed by atoms with Gasteiger partial charge in [-0.3, -0.25) is 33.6 Å². The summed E-state index contributed by atoms with van der Waals surface area (Å²) in [6.07, 6.45) is -26.1. The van der Waals surface area contributed by atoms with Gasteiger partial charge in [0.1, 0.15) is 102 Å². The Morgan fingerprint density at radius 2 is 1.41 bits per heavy atom. The second kappa shape index (κ2) is 33.5. The summed E-state index contributed by atoms with van der Waals surface area (Å²) in [7, 11) is 1.47. The fraction of sp³-hybridized carbons (Fsp3) is 0.528. The van der Waals surface area contributed by atoms with E-state index >= 15 is 19.2 Å². The molecule has 23 N–H and O–H groups in total. The number of nitrogens with one attached hydrogen (secondary N) is 7. The molecule has 0 radical (unpaired) electrons. The number of nitrogens with two attached hydrogens (primary N) is 2. The maximum absolute atomic E-state index is 16.3. The van der Waals surface area contributed by atoms with Gasteiger partial charge in [-0.2, -0.15) is 0 Å². The molecule has 7 amide bonds. The predicted octanol–water partition coefficient (Wildman–Crippen LogP) is -2.78. The number of hydrogen-bond donors (Lipinski definition) is 21. The normalized spacial score (nSPS) is 35.8. The van der Waals surface area contributed by atoms with Gasteiger partial charge in [0, 0.05) is 36.3 Å². The van der Waals surface area contributed by atoms with Gasteiger partial charge in [0.05, 0.1) is 54.3 Å². The molecule has 3 fully saturated rings. The van der Waals surface area contributed by atoms with Gasteiger partial charge in [-0.15, -0.1) is 0 Å². The summed E-state index contributed by atoms with van der Waals surface area (Å²) in [5.74, 6) is -17.9. The number of ether oxygens (including phenoxy) is 8. The molecule has 0 saturated carbocycles. The van der Waals surface area contributed by atoms with Crippen molar-refractivity contribution >= 4 is 58.9 Å². The molecule has 0 aromatic heterocycles. The van der Waals surface area contributed by atoms with Crippen LogP contribution in [-0.4, -0.2) is 250 Å². The molecule has 13 rings (SSSR count). The number of amides is 7. The van der Waals surface area contributed by atoms with E-state index in [2.05, 4.69) is 37.2 Å². The first-order valence-electron chi connectivity index (χ1n) is 35.4. The lowest BCUT2D eigenvalue weighted by molar-refractivity contribution is -0.354. The van der Waals surface area contributed by atoms with Gasteiger partial charge in [0.25, 0.3) is 0 Å². The maximum Gasteiger partial charge on any atom is 0.326 e. The van der Waals surface area contributed by atoms with Crippen LogP contribution in [0, 0.1) is 17.8 Å². The second-order valence-electron chi connectivity index (χ2n) is 29.1. The average Bonchev–Trinajstić information content (AvgIpc) is 0.763. The zero-order valence-corrected chi connectivity index (χ0v) is 60.7. The summed E-state index contributed by atoms with van der Waals surface area (Å²) >= 11 is 7.11. The highest BCUT2D eigenvalue weighted by Crippen LogP contribution is 2.49. The quantitative estimate of drug-likeness (QED) is 0.0732. The summed E-state index contributed by atoms with van der Waals surface area (Å²) in [6, 6.07) is -3.40. The van der Waals surface area contributed by atoms with Crippen molar-refractivity contribution in [2.75, 3.05) is 13.7 Å². The van der Waals surface area contributed by atoms with Gasteiger partial charge < -0.3 is 148 Å². The lowest BCUT2D eigenvalue weighted by Gasteiger charge is -2.45. The summed E-state index contributed by atoms with van der Waals surface area (Å²) < 4.78 is 50.8. The highest BCUT2D eigenvalue weighted by molar-refractivity contribution is 6.32. The molecule has 3 aromatic carbocycles. The van der Waals surface area contributed by atoms with E-state index in [1.54, 1.807) is 0 Å². The highest BCUT2D eigenvalue weighted by atomic mass is 35.5. The molecule has 598 valence electrons. The third kappa shape index (κ3) is 17.4. The molecule has 38 heteroatoms. The van der Waals surface area contributed by atoms with Crippen LogP contribution in [0.4, 0.5) is 0 Å². The minimum Gasteiger partial charge on any atom is -0.512 e. The van der Waals surface area contributed by atoms with Crippen LogP contribution in [0.2, 0.25) is 5.02 Å². The van der Waals surface area contributed by atoms with Gasteiger partial charge in [0.15, 0.2) is 30.2 Å². The Bertz CT molecular complexity index is 4140. The maximum atomic E-state index is 16.3. The average molecular weight is 1570 g/mol. The number of hydrogen-bond acceptors (Lipinski definition) is 29. The fourth-order valence-electron chi connectivity index (χ4n) is 14.5. The number of primary amides is 1. The number of aliphatic hydroxyl groups excluding tert-OH is 11. The lowest BCUT2D eigenvalue weighted by Crippen LogP contribution is -2.64. The summed E-state index contributed by atoms with van der Waals surface area (Å²) in [5, 5.41) is 154. The van der Waals surface area contributed by atoms with Crippen molar-refractivity contribution in [1.29, 1.82) is 0 Å². The molecular weight excluding hydrogens is 1470 g/mol. The Labute approximate surface area is 632 Å². The molecule has 3 aromatic rings. The van der Waals surface area contributed by atoms with Crippen LogP contribution in [0.5, 0.6) is 28.7 Å². The summed E-state index contributed by atoms with van der Waals surface area (Å²) in [6.45, 7) is 6.86. The first-order chi connectivity index (χ1) is 51.9. The van der Waals surface area contributed by atoms with Gasteiger partial charge in [-0.25, -0.2) is 4.79 Å². The largest absolute Gasteiger partial charge is 0.512 e. The van der Waals surface area contributed by atoms with E-state index in [4.69, 9.17) is 61.0 Å². The van der Waals surface area contributed by atoms with E-state index in [0.29, 0.717) is 0 Å². The number of aliphatic hydroxyl groups is 11. The van der Waals surface area contributed by atoms with Crippen LogP contribution in [0.25, 0.3) is 0 Å². The number of rotatable bonds is 15. The van der Waals surface area contributed by atoms with Crippen molar-refractivity contribution in [1.82, 2.24) is 37.2 Å². The molecule has 2 aliphatic carbocycles. The number of carbonyl (C=O) groups is 8. The van der Waals surface area contributed by atoms with Crippen molar-refractivity contribution in [2.45, 2.75) is 206 Å². The monoisotopic (exact) mass is 1560 g/mol. The third-order valence-electron chi connectivity index (χ3n) is 20.5. The molecular formula is C72H90ClN9O28. The zero-order chi connectivity index (χ0) is 80.0. The zero-order valence-electron chi connectivity index (χ0n) is 60.0. The van der Waals surface area contributed by atoms with Gasteiger partial charge in [-0.1, -0.05) is 61.9 Å².